The van der Waals surface area contributed by atoms with Gasteiger partial charge in [-0.25, -0.2) is 4.79 Å². The van der Waals surface area contributed by atoms with E-state index < -0.39 is 5.60 Å². The summed E-state index contributed by atoms with van der Waals surface area (Å²) in [4.78, 5) is 14.0. The Morgan fingerprint density at radius 3 is 2.29 bits per heavy atom. The Morgan fingerprint density at radius 1 is 1.03 bits per heavy atom. The van der Waals surface area contributed by atoms with Gasteiger partial charge in [0, 0.05) is 6.54 Å². The van der Waals surface area contributed by atoms with Gasteiger partial charge in [-0.2, -0.15) is 0 Å². The summed E-state index contributed by atoms with van der Waals surface area (Å²) >= 11 is 0. The van der Waals surface area contributed by atoms with Crippen molar-refractivity contribution in [2.24, 2.45) is 0 Å². The number of carbonyl (C=O) groups excluding carboxylic acids is 1. The molecule has 31 heavy (non-hydrogen) atoms. The topological polar surface area (TPSA) is 57.2 Å². The number of carbonyl (C=O) groups is 1. The molecule has 1 fully saturated rings. The summed E-state index contributed by atoms with van der Waals surface area (Å²) in [5, 5.41) is 0. The summed E-state index contributed by atoms with van der Waals surface area (Å²) in [5.74, 6) is 1.74. The number of ether oxygens (including phenoxy) is 4. The van der Waals surface area contributed by atoms with Crippen LogP contribution in [-0.2, 0) is 22.3 Å². The molecule has 0 saturated carbocycles. The Labute approximate surface area is 185 Å². The molecule has 1 saturated heterocycles. The normalized spacial score (nSPS) is 16.6. The molecule has 1 heterocycles. The van der Waals surface area contributed by atoms with Gasteiger partial charge in [0.25, 0.3) is 0 Å². The minimum atomic E-state index is -0.512. The first-order valence-corrected chi connectivity index (χ1v) is 10.8. The second-order valence-corrected chi connectivity index (χ2v) is 8.65. The summed E-state index contributed by atoms with van der Waals surface area (Å²) < 4.78 is 22.9. The van der Waals surface area contributed by atoms with Gasteiger partial charge in [0.05, 0.1) is 20.3 Å². The lowest BCUT2D eigenvalue weighted by Crippen LogP contribution is -2.49. The van der Waals surface area contributed by atoms with Gasteiger partial charge in [-0.15, -0.1) is 0 Å². The van der Waals surface area contributed by atoms with Crippen molar-refractivity contribution >= 4 is 6.09 Å². The van der Waals surface area contributed by atoms with Crippen molar-refractivity contribution in [3.8, 4) is 11.5 Å². The number of aryl methyl sites for hydroxylation is 2. The van der Waals surface area contributed by atoms with Crippen molar-refractivity contribution in [1.29, 1.82) is 0 Å². The van der Waals surface area contributed by atoms with Crippen LogP contribution in [0.2, 0.25) is 0 Å². The highest BCUT2D eigenvalue weighted by molar-refractivity contribution is 5.68. The van der Waals surface area contributed by atoms with E-state index in [2.05, 4.69) is 12.1 Å². The predicted molar refractivity (Wildman–Crippen MR) is 120 cm³/mol. The van der Waals surface area contributed by atoms with E-state index in [0.29, 0.717) is 26.3 Å². The highest BCUT2D eigenvalue weighted by Crippen LogP contribution is 2.24. The summed E-state index contributed by atoms with van der Waals surface area (Å²) in [7, 11) is 1.70. The first-order chi connectivity index (χ1) is 14.9. The average molecular weight is 428 g/mol. The van der Waals surface area contributed by atoms with E-state index in [1.54, 1.807) is 12.0 Å². The Balaban J connectivity index is 1.56. The summed E-state index contributed by atoms with van der Waals surface area (Å²) in [6.07, 6.45) is 1.20. The largest absolute Gasteiger partial charge is 0.496 e. The fraction of sp³-hybridized carbons (Fsp3) is 0.480. The zero-order valence-electron chi connectivity index (χ0n) is 18.9. The van der Waals surface area contributed by atoms with Gasteiger partial charge in [0.1, 0.15) is 29.8 Å². The van der Waals surface area contributed by atoms with E-state index in [9.17, 15) is 4.79 Å². The molecule has 1 amide bonds. The summed E-state index contributed by atoms with van der Waals surface area (Å²) in [6, 6.07) is 16.1. The van der Waals surface area contributed by atoms with Crippen LogP contribution in [0.4, 0.5) is 4.79 Å². The number of nitrogens with zero attached hydrogens (tertiary/aromatic N) is 1. The molecule has 6 nitrogen and oxygen atoms in total. The first-order valence-electron chi connectivity index (χ1n) is 10.8. The molecule has 6 heteroatoms. The zero-order valence-corrected chi connectivity index (χ0v) is 18.9. The maximum Gasteiger partial charge on any atom is 0.410 e. The second kappa shape index (κ2) is 10.5. The predicted octanol–water partition coefficient (Wildman–Crippen LogP) is 4.50. The quantitative estimate of drug-likeness (QED) is 0.651. The SMILES string of the molecule is COc1ccccc1CCc1ccccc1OC[C@@H]1CN(C(=O)OC(C)(C)C)CCO1. The summed E-state index contributed by atoms with van der Waals surface area (Å²) in [5.41, 5.74) is 1.79. The molecule has 2 aromatic rings. The van der Waals surface area contributed by atoms with E-state index in [0.717, 1.165) is 29.9 Å². The van der Waals surface area contributed by atoms with Crippen LogP contribution in [0.25, 0.3) is 0 Å². The van der Waals surface area contributed by atoms with E-state index in [1.807, 2.05) is 57.2 Å². The van der Waals surface area contributed by atoms with E-state index in [1.165, 1.54) is 5.56 Å². The van der Waals surface area contributed by atoms with Gasteiger partial charge in [-0.3, -0.25) is 0 Å². The summed E-state index contributed by atoms with van der Waals surface area (Å²) in [6.45, 7) is 7.45. The molecule has 1 aliphatic heterocycles. The monoisotopic (exact) mass is 427 g/mol. The molecule has 168 valence electrons. The average Bonchev–Trinajstić information content (AvgIpc) is 2.76. The highest BCUT2D eigenvalue weighted by Gasteiger charge is 2.28. The fourth-order valence-corrected chi connectivity index (χ4v) is 3.53. The molecule has 2 aromatic carbocycles. The van der Waals surface area contributed by atoms with Crippen molar-refractivity contribution in [2.45, 2.75) is 45.3 Å². The van der Waals surface area contributed by atoms with Gasteiger partial charge in [0.2, 0.25) is 0 Å². The van der Waals surface area contributed by atoms with Crippen molar-refractivity contribution in [3.63, 3.8) is 0 Å². The number of morpholine rings is 1. The molecule has 0 spiro atoms. The third kappa shape index (κ3) is 6.89. The highest BCUT2D eigenvalue weighted by atomic mass is 16.6. The molecule has 0 unspecified atom stereocenters. The Hall–Kier alpha value is -2.73. The molecule has 1 aliphatic rings. The van der Waals surface area contributed by atoms with E-state index >= 15 is 0 Å². The Kier molecular flexibility index (Phi) is 7.80. The van der Waals surface area contributed by atoms with Crippen LogP contribution < -0.4 is 9.47 Å². The van der Waals surface area contributed by atoms with Crippen molar-refractivity contribution in [3.05, 3.63) is 59.7 Å². The maximum absolute atomic E-state index is 12.4. The number of para-hydroxylation sites is 2. The smallest absolute Gasteiger partial charge is 0.410 e. The zero-order chi connectivity index (χ0) is 22.3. The maximum atomic E-state index is 12.4. The van der Waals surface area contributed by atoms with Crippen LogP contribution in [0, 0.1) is 0 Å². The van der Waals surface area contributed by atoms with Gasteiger partial charge >= 0.3 is 6.09 Å². The third-order valence-electron chi connectivity index (χ3n) is 5.04. The van der Waals surface area contributed by atoms with Crippen LogP contribution in [0.15, 0.2) is 48.5 Å². The molecule has 0 bridgehead atoms. The standard InChI is InChI=1S/C25H33NO5/c1-25(2,3)31-24(27)26-15-16-29-21(17-26)18-30-23-12-8-6-10-20(23)14-13-19-9-5-7-11-22(19)28-4/h5-12,21H,13-18H2,1-4H3/t21-/m0/s1. The second-order valence-electron chi connectivity index (χ2n) is 8.65. The minimum Gasteiger partial charge on any atom is -0.496 e. The van der Waals surface area contributed by atoms with Crippen LogP contribution in [0.5, 0.6) is 11.5 Å². The van der Waals surface area contributed by atoms with Crippen molar-refractivity contribution in [2.75, 3.05) is 33.4 Å². The van der Waals surface area contributed by atoms with Crippen molar-refractivity contribution in [1.82, 2.24) is 4.90 Å². The Morgan fingerprint density at radius 2 is 1.65 bits per heavy atom. The van der Waals surface area contributed by atoms with E-state index in [-0.39, 0.29) is 12.2 Å². The van der Waals surface area contributed by atoms with Gasteiger partial charge in [0.15, 0.2) is 0 Å². The lowest BCUT2D eigenvalue weighted by Gasteiger charge is -2.34. The van der Waals surface area contributed by atoms with Gasteiger partial charge in [-0.1, -0.05) is 36.4 Å². The van der Waals surface area contributed by atoms with E-state index in [4.69, 9.17) is 18.9 Å². The number of hydrogen-bond donors (Lipinski definition) is 0. The molecule has 3 rings (SSSR count). The number of methoxy groups -OCH3 is 1. The molecule has 1 atom stereocenters. The van der Waals surface area contributed by atoms with Gasteiger partial charge in [-0.05, 0) is 56.9 Å². The molecular weight excluding hydrogens is 394 g/mol. The van der Waals surface area contributed by atoms with Crippen LogP contribution >= 0.6 is 0 Å². The van der Waals surface area contributed by atoms with Crippen molar-refractivity contribution < 1.29 is 23.7 Å². The fourth-order valence-electron chi connectivity index (χ4n) is 3.53. The Bertz CT molecular complexity index is 861. The van der Waals surface area contributed by atoms with Crippen LogP contribution in [0.1, 0.15) is 31.9 Å². The number of hydrogen-bond acceptors (Lipinski definition) is 5. The molecule has 0 radical (unpaired) electrons. The third-order valence-corrected chi connectivity index (χ3v) is 5.04. The first kappa shape index (κ1) is 22.9. The molecular formula is C25H33NO5. The van der Waals surface area contributed by atoms with Crippen LogP contribution in [0.3, 0.4) is 0 Å². The van der Waals surface area contributed by atoms with Crippen LogP contribution in [-0.4, -0.2) is 56.1 Å². The molecule has 0 aromatic heterocycles. The number of amides is 1. The number of rotatable bonds is 7. The lowest BCUT2D eigenvalue weighted by molar-refractivity contribution is -0.0558. The molecule has 0 aliphatic carbocycles. The van der Waals surface area contributed by atoms with Gasteiger partial charge < -0.3 is 23.8 Å². The number of benzene rings is 2. The lowest BCUT2D eigenvalue weighted by atomic mass is 10.0. The minimum absolute atomic E-state index is 0.191. The molecule has 0 N–H and O–H groups in total.